The van der Waals surface area contributed by atoms with E-state index < -0.39 is 16.9 Å². The molecule has 3 rings (SSSR count). The molecule has 1 aliphatic rings. The van der Waals surface area contributed by atoms with Gasteiger partial charge in [0.05, 0.1) is 23.2 Å². The van der Waals surface area contributed by atoms with Crippen LogP contribution in [0.5, 0.6) is 0 Å². The van der Waals surface area contributed by atoms with Crippen molar-refractivity contribution >= 4 is 23.4 Å². The van der Waals surface area contributed by atoms with Crippen molar-refractivity contribution in [1.82, 2.24) is 0 Å². The average molecular weight is 451 g/mol. The number of allylic oxidation sites excluding steroid dienone is 3. The highest BCUT2D eigenvalue weighted by Crippen LogP contribution is 2.27. The van der Waals surface area contributed by atoms with Gasteiger partial charge in [0, 0.05) is 36.6 Å². The quantitative estimate of drug-likeness (QED) is 0.198. The van der Waals surface area contributed by atoms with E-state index in [0.29, 0.717) is 28.9 Å². The Morgan fingerprint density at radius 2 is 1.82 bits per heavy atom. The van der Waals surface area contributed by atoms with Gasteiger partial charge in [-0.15, -0.1) is 0 Å². The molecule has 2 aromatic carbocycles. The molecule has 2 aromatic rings. The molecule has 1 heterocycles. The number of cyclic esters (lactones) is 1. The highest BCUT2D eigenvalue weighted by atomic mass is 16.6. The van der Waals surface area contributed by atoms with Gasteiger partial charge < -0.3 is 14.2 Å². The number of benzene rings is 2. The molecule has 0 bridgehead atoms. The van der Waals surface area contributed by atoms with Crippen LogP contribution in [0.4, 0.5) is 5.69 Å². The van der Waals surface area contributed by atoms with Crippen LogP contribution in [-0.4, -0.2) is 29.8 Å². The number of carbonyl (C=O) groups is 3. The molecule has 0 spiro atoms. The van der Waals surface area contributed by atoms with E-state index in [4.69, 9.17) is 14.2 Å². The summed E-state index contributed by atoms with van der Waals surface area (Å²) in [6, 6.07) is 9.78. The van der Waals surface area contributed by atoms with Crippen LogP contribution in [0.1, 0.15) is 56.9 Å². The Labute approximate surface area is 189 Å². The van der Waals surface area contributed by atoms with Crippen LogP contribution in [0.2, 0.25) is 0 Å². The van der Waals surface area contributed by atoms with E-state index in [9.17, 15) is 24.5 Å². The van der Waals surface area contributed by atoms with Gasteiger partial charge in [-0.3, -0.25) is 14.9 Å². The van der Waals surface area contributed by atoms with Crippen LogP contribution >= 0.6 is 0 Å². The summed E-state index contributed by atoms with van der Waals surface area (Å²) in [6.45, 7) is 3.21. The molecule has 9 nitrogen and oxygen atoms in total. The molecule has 33 heavy (non-hydrogen) atoms. The minimum atomic E-state index is -0.756. The number of non-ortho nitro benzene ring substituents is 1. The fraction of sp³-hybridized carbons (Fsp3) is 0.208. The van der Waals surface area contributed by atoms with Crippen molar-refractivity contribution in [2.24, 2.45) is 0 Å². The first-order chi connectivity index (χ1) is 15.7. The lowest BCUT2D eigenvalue weighted by molar-refractivity contribution is -0.384. The SMILES string of the molecule is CC/C(OC)=C(\C=C1/Cc2ccc(C(C)=O)cc2C(=O)O1)OC(=O)c1ccc([N+](=O)[O-])cc1. The van der Waals surface area contributed by atoms with E-state index in [1.165, 1.54) is 50.4 Å². The molecule has 0 saturated carbocycles. The van der Waals surface area contributed by atoms with Gasteiger partial charge in [0.2, 0.25) is 0 Å². The van der Waals surface area contributed by atoms with Gasteiger partial charge in [0.1, 0.15) is 11.5 Å². The second kappa shape index (κ2) is 9.90. The molecule has 0 saturated heterocycles. The predicted octanol–water partition coefficient (Wildman–Crippen LogP) is 4.52. The van der Waals surface area contributed by atoms with Crippen molar-refractivity contribution in [2.45, 2.75) is 26.7 Å². The molecular formula is C24H21NO8. The number of rotatable bonds is 7. The van der Waals surface area contributed by atoms with Crippen molar-refractivity contribution in [2.75, 3.05) is 7.11 Å². The second-order valence-corrected chi connectivity index (χ2v) is 7.14. The van der Waals surface area contributed by atoms with Gasteiger partial charge in [-0.2, -0.15) is 0 Å². The van der Waals surface area contributed by atoms with Crippen molar-refractivity contribution in [3.8, 4) is 0 Å². The Hall–Kier alpha value is -4.27. The van der Waals surface area contributed by atoms with Gasteiger partial charge in [0.25, 0.3) is 5.69 Å². The Morgan fingerprint density at radius 3 is 2.39 bits per heavy atom. The molecule has 0 fully saturated rings. The second-order valence-electron chi connectivity index (χ2n) is 7.14. The number of nitro groups is 1. The van der Waals surface area contributed by atoms with E-state index in [1.54, 1.807) is 19.1 Å². The fourth-order valence-corrected chi connectivity index (χ4v) is 3.23. The fourth-order valence-electron chi connectivity index (χ4n) is 3.23. The van der Waals surface area contributed by atoms with Crippen molar-refractivity contribution < 1.29 is 33.5 Å². The molecular weight excluding hydrogens is 430 g/mol. The maximum absolute atomic E-state index is 12.6. The van der Waals surface area contributed by atoms with Crippen LogP contribution in [0, 0.1) is 10.1 Å². The van der Waals surface area contributed by atoms with Gasteiger partial charge in [-0.1, -0.05) is 19.1 Å². The zero-order valence-electron chi connectivity index (χ0n) is 18.2. The van der Waals surface area contributed by atoms with Crippen molar-refractivity contribution in [1.29, 1.82) is 0 Å². The van der Waals surface area contributed by atoms with Crippen LogP contribution in [0.25, 0.3) is 0 Å². The highest BCUT2D eigenvalue weighted by molar-refractivity contribution is 5.99. The molecule has 0 unspecified atom stereocenters. The smallest absolute Gasteiger partial charge is 0.343 e. The Balaban J connectivity index is 1.90. The molecule has 0 aromatic heterocycles. The number of esters is 2. The summed E-state index contributed by atoms with van der Waals surface area (Å²) in [7, 11) is 1.42. The third kappa shape index (κ3) is 5.32. The third-order valence-corrected chi connectivity index (χ3v) is 4.98. The topological polar surface area (TPSA) is 122 Å². The summed E-state index contributed by atoms with van der Waals surface area (Å²) in [5.74, 6) is -0.919. The minimum Gasteiger partial charge on any atom is -0.497 e. The molecule has 9 heteroatoms. The summed E-state index contributed by atoms with van der Waals surface area (Å²) in [5.41, 5.74) is 1.32. The number of nitrogens with zero attached hydrogens (tertiary/aromatic N) is 1. The van der Waals surface area contributed by atoms with E-state index in [0.717, 1.165) is 0 Å². The minimum absolute atomic E-state index is 0.0509. The first-order valence-corrected chi connectivity index (χ1v) is 10.0. The zero-order valence-corrected chi connectivity index (χ0v) is 18.2. The number of hydrogen-bond acceptors (Lipinski definition) is 8. The number of hydrogen-bond donors (Lipinski definition) is 0. The lowest BCUT2D eigenvalue weighted by atomic mass is 9.97. The number of Topliss-reactive ketones (excluding diaryl/α,β-unsaturated/α-hetero) is 1. The molecule has 0 N–H and O–H groups in total. The zero-order chi connectivity index (χ0) is 24.1. The van der Waals surface area contributed by atoms with E-state index in [2.05, 4.69) is 0 Å². The normalized spacial score (nSPS) is 14.6. The third-order valence-electron chi connectivity index (χ3n) is 4.98. The number of fused-ring (bicyclic) bond motifs is 1. The maximum atomic E-state index is 12.6. The van der Waals surface area contributed by atoms with Gasteiger partial charge in [0.15, 0.2) is 11.5 Å². The first kappa shape index (κ1) is 23.4. The number of methoxy groups -OCH3 is 1. The average Bonchev–Trinajstić information content (AvgIpc) is 2.79. The Bertz CT molecular complexity index is 1190. The summed E-state index contributed by atoms with van der Waals surface area (Å²) in [4.78, 5) is 47.0. The number of carbonyl (C=O) groups excluding carboxylic acids is 3. The number of ketones is 1. The van der Waals surface area contributed by atoms with Gasteiger partial charge >= 0.3 is 11.9 Å². The van der Waals surface area contributed by atoms with Gasteiger partial charge in [-0.25, -0.2) is 9.59 Å². The van der Waals surface area contributed by atoms with E-state index in [-0.39, 0.29) is 35.0 Å². The Morgan fingerprint density at radius 1 is 1.15 bits per heavy atom. The highest BCUT2D eigenvalue weighted by Gasteiger charge is 2.25. The maximum Gasteiger partial charge on any atom is 0.343 e. The largest absolute Gasteiger partial charge is 0.497 e. The summed E-state index contributed by atoms with van der Waals surface area (Å²) >= 11 is 0. The predicted molar refractivity (Wildman–Crippen MR) is 116 cm³/mol. The molecule has 0 atom stereocenters. The van der Waals surface area contributed by atoms with E-state index >= 15 is 0 Å². The summed E-state index contributed by atoms with van der Waals surface area (Å²) in [5, 5.41) is 10.8. The van der Waals surface area contributed by atoms with E-state index in [1.807, 2.05) is 0 Å². The summed E-state index contributed by atoms with van der Waals surface area (Å²) in [6.07, 6.45) is 2.03. The molecule has 0 radical (unpaired) electrons. The van der Waals surface area contributed by atoms with Crippen LogP contribution in [0.15, 0.2) is 65.8 Å². The van der Waals surface area contributed by atoms with Crippen LogP contribution in [-0.2, 0) is 20.6 Å². The lowest BCUT2D eigenvalue weighted by Gasteiger charge is -2.19. The number of ether oxygens (including phenoxy) is 3. The van der Waals surface area contributed by atoms with Crippen molar-refractivity contribution in [3.63, 3.8) is 0 Å². The summed E-state index contributed by atoms with van der Waals surface area (Å²) < 4.78 is 16.2. The van der Waals surface area contributed by atoms with Crippen LogP contribution < -0.4 is 0 Å². The number of nitro benzene ring substituents is 1. The molecule has 1 aliphatic heterocycles. The van der Waals surface area contributed by atoms with Crippen LogP contribution in [0.3, 0.4) is 0 Å². The van der Waals surface area contributed by atoms with Crippen molar-refractivity contribution in [3.05, 3.63) is 98.2 Å². The lowest BCUT2D eigenvalue weighted by Crippen LogP contribution is -2.18. The first-order valence-electron chi connectivity index (χ1n) is 10.0. The monoisotopic (exact) mass is 451 g/mol. The molecule has 0 amide bonds. The molecule has 0 aliphatic carbocycles. The van der Waals surface area contributed by atoms with Gasteiger partial charge in [-0.05, 0) is 30.7 Å². The molecule has 170 valence electrons. The Kier molecular flexibility index (Phi) is 7.02. The standard InChI is InChI=1S/C24H21NO8/c1-4-21(31-3)22(33-23(27)15-7-9-18(10-8-15)25(29)30)13-19-11-17-6-5-16(14(2)26)12-20(17)24(28)32-19/h5-10,12-13H,4,11H2,1-3H3/b19-13+,22-21-.